The summed E-state index contributed by atoms with van der Waals surface area (Å²) in [5.74, 6) is 0.597. The van der Waals surface area contributed by atoms with Crippen LogP contribution in [0.3, 0.4) is 0 Å². The molecule has 112 valence electrons. The van der Waals surface area contributed by atoms with Crippen LogP contribution in [0.4, 0.5) is 0 Å². The largest absolute Gasteiger partial charge is 0.489 e. The third-order valence-electron chi connectivity index (χ3n) is 2.79. The molecule has 2 aromatic rings. The van der Waals surface area contributed by atoms with Crippen LogP contribution in [0, 0.1) is 0 Å². The molecule has 0 bridgehead atoms. The van der Waals surface area contributed by atoms with Crippen LogP contribution in [0.1, 0.15) is 5.56 Å². The van der Waals surface area contributed by atoms with Gasteiger partial charge in [-0.15, -0.1) is 0 Å². The third kappa shape index (κ3) is 4.56. The van der Waals surface area contributed by atoms with Gasteiger partial charge in [0.1, 0.15) is 12.4 Å². The van der Waals surface area contributed by atoms with Crippen LogP contribution < -0.4 is 9.46 Å². The number of ether oxygens (including phenoxy) is 1. The van der Waals surface area contributed by atoms with Gasteiger partial charge in [0, 0.05) is 6.54 Å². The van der Waals surface area contributed by atoms with Gasteiger partial charge in [0.15, 0.2) is 0 Å². The van der Waals surface area contributed by atoms with Crippen molar-refractivity contribution < 1.29 is 18.3 Å². The predicted octanol–water partition coefficient (Wildman–Crippen LogP) is 1.54. The Bertz CT molecular complexity index is 654. The van der Waals surface area contributed by atoms with Gasteiger partial charge in [-0.2, -0.15) is 0 Å². The molecule has 0 radical (unpaired) electrons. The first-order chi connectivity index (χ1) is 10.1. The summed E-state index contributed by atoms with van der Waals surface area (Å²) < 4.78 is 31.5. The maximum absolute atomic E-state index is 11.8. The van der Waals surface area contributed by atoms with Gasteiger partial charge in [-0.05, 0) is 29.8 Å². The molecular weight excluding hydrogens is 290 g/mol. The molecule has 21 heavy (non-hydrogen) atoms. The lowest BCUT2D eigenvalue weighted by Gasteiger charge is -2.08. The van der Waals surface area contributed by atoms with E-state index < -0.39 is 10.0 Å². The van der Waals surface area contributed by atoms with E-state index in [1.165, 1.54) is 12.1 Å². The Hall–Kier alpha value is -1.89. The van der Waals surface area contributed by atoms with Crippen LogP contribution >= 0.6 is 0 Å². The number of nitrogens with one attached hydrogen (secondary N) is 1. The summed E-state index contributed by atoms with van der Waals surface area (Å²) in [5.41, 5.74) is 1.04. The quantitative estimate of drug-likeness (QED) is 0.813. The smallest absolute Gasteiger partial charge is 0.240 e. The molecule has 0 aliphatic rings. The van der Waals surface area contributed by atoms with Crippen LogP contribution in [0.5, 0.6) is 5.75 Å². The number of benzene rings is 2. The van der Waals surface area contributed by atoms with Crippen molar-refractivity contribution in [3.05, 3.63) is 60.2 Å². The Morgan fingerprint density at radius 3 is 2.29 bits per heavy atom. The summed E-state index contributed by atoms with van der Waals surface area (Å²) in [6, 6.07) is 15.9. The zero-order valence-electron chi connectivity index (χ0n) is 11.4. The molecule has 0 spiro atoms. The first-order valence-corrected chi connectivity index (χ1v) is 7.97. The van der Waals surface area contributed by atoms with E-state index in [1.54, 1.807) is 12.1 Å². The van der Waals surface area contributed by atoms with Gasteiger partial charge in [-0.1, -0.05) is 30.3 Å². The summed E-state index contributed by atoms with van der Waals surface area (Å²) in [7, 11) is -3.57. The monoisotopic (exact) mass is 307 g/mol. The molecule has 0 atom stereocenters. The lowest BCUT2D eigenvalue weighted by molar-refractivity contribution is 0.301. The summed E-state index contributed by atoms with van der Waals surface area (Å²) in [6.07, 6.45) is 0. The topological polar surface area (TPSA) is 75.6 Å². The maximum atomic E-state index is 11.8. The fourth-order valence-corrected chi connectivity index (χ4v) is 2.74. The van der Waals surface area contributed by atoms with E-state index in [0.29, 0.717) is 12.4 Å². The molecule has 0 saturated carbocycles. The van der Waals surface area contributed by atoms with E-state index in [4.69, 9.17) is 9.84 Å². The van der Waals surface area contributed by atoms with E-state index in [-0.39, 0.29) is 18.0 Å². The van der Waals surface area contributed by atoms with Gasteiger partial charge < -0.3 is 9.84 Å². The normalized spacial score (nSPS) is 11.3. The van der Waals surface area contributed by atoms with Crippen LogP contribution in [0.25, 0.3) is 0 Å². The number of sulfonamides is 1. The van der Waals surface area contributed by atoms with Crippen LogP contribution in [-0.2, 0) is 16.6 Å². The second-order valence-electron chi connectivity index (χ2n) is 4.37. The minimum atomic E-state index is -3.57. The minimum absolute atomic E-state index is 0.00537. The van der Waals surface area contributed by atoms with Gasteiger partial charge in [-0.3, -0.25) is 0 Å². The number of hydrogen-bond donors (Lipinski definition) is 2. The highest BCUT2D eigenvalue weighted by Gasteiger charge is 2.12. The molecule has 2 aromatic carbocycles. The molecule has 0 saturated heterocycles. The molecule has 0 unspecified atom stereocenters. The van der Waals surface area contributed by atoms with Gasteiger partial charge in [0.25, 0.3) is 0 Å². The number of hydrogen-bond acceptors (Lipinski definition) is 4. The lowest BCUT2D eigenvalue weighted by Crippen LogP contribution is -2.26. The fourth-order valence-electron chi connectivity index (χ4n) is 1.72. The molecule has 0 heterocycles. The maximum Gasteiger partial charge on any atom is 0.240 e. The van der Waals surface area contributed by atoms with Crippen molar-refractivity contribution in [2.45, 2.75) is 11.5 Å². The summed E-state index contributed by atoms with van der Waals surface area (Å²) >= 11 is 0. The van der Waals surface area contributed by atoms with Crippen LogP contribution in [0.15, 0.2) is 59.5 Å². The van der Waals surface area contributed by atoms with Crippen molar-refractivity contribution in [2.75, 3.05) is 13.2 Å². The molecule has 0 aliphatic heterocycles. The molecule has 0 aliphatic carbocycles. The third-order valence-corrected chi connectivity index (χ3v) is 4.26. The number of rotatable bonds is 7. The first-order valence-electron chi connectivity index (χ1n) is 6.49. The zero-order valence-corrected chi connectivity index (χ0v) is 12.2. The Labute approximate surface area is 124 Å². The Kier molecular flexibility index (Phi) is 5.32. The van der Waals surface area contributed by atoms with Crippen molar-refractivity contribution in [2.24, 2.45) is 0 Å². The first kappa shape index (κ1) is 15.5. The molecule has 0 amide bonds. The Balaban J connectivity index is 1.99. The van der Waals surface area contributed by atoms with Crippen molar-refractivity contribution in [3.63, 3.8) is 0 Å². The zero-order chi connectivity index (χ0) is 15.1. The highest BCUT2D eigenvalue weighted by Crippen LogP contribution is 2.17. The molecule has 0 fully saturated rings. The minimum Gasteiger partial charge on any atom is -0.489 e. The van der Waals surface area contributed by atoms with E-state index >= 15 is 0 Å². The van der Waals surface area contributed by atoms with E-state index in [2.05, 4.69) is 4.72 Å². The van der Waals surface area contributed by atoms with Gasteiger partial charge in [0.05, 0.1) is 11.5 Å². The molecule has 2 rings (SSSR count). The standard InChI is InChI=1S/C15H17NO4S/c17-11-10-16-21(18,19)15-8-6-14(7-9-15)20-12-13-4-2-1-3-5-13/h1-9,16-17H,10-12H2. The summed E-state index contributed by atoms with van der Waals surface area (Å²) in [5, 5.41) is 8.65. The van der Waals surface area contributed by atoms with Gasteiger partial charge >= 0.3 is 0 Å². The van der Waals surface area contributed by atoms with Crippen LogP contribution in [0.2, 0.25) is 0 Å². The molecule has 0 aromatic heterocycles. The molecule has 2 N–H and O–H groups in total. The van der Waals surface area contributed by atoms with E-state index in [1.807, 2.05) is 30.3 Å². The van der Waals surface area contributed by atoms with Crippen LogP contribution in [-0.4, -0.2) is 26.7 Å². The highest BCUT2D eigenvalue weighted by molar-refractivity contribution is 7.89. The van der Waals surface area contributed by atoms with Gasteiger partial charge in [0.2, 0.25) is 10.0 Å². The lowest BCUT2D eigenvalue weighted by atomic mass is 10.2. The van der Waals surface area contributed by atoms with E-state index in [0.717, 1.165) is 5.56 Å². The van der Waals surface area contributed by atoms with Gasteiger partial charge in [-0.25, -0.2) is 13.1 Å². The second-order valence-corrected chi connectivity index (χ2v) is 6.13. The summed E-state index contributed by atoms with van der Waals surface area (Å²) in [6.45, 7) is 0.182. The fraction of sp³-hybridized carbons (Fsp3) is 0.200. The molecule has 5 nitrogen and oxygen atoms in total. The number of aliphatic hydroxyl groups excluding tert-OH is 1. The van der Waals surface area contributed by atoms with Crippen molar-refractivity contribution in [1.82, 2.24) is 4.72 Å². The summed E-state index contributed by atoms with van der Waals surface area (Å²) in [4.78, 5) is 0.142. The Morgan fingerprint density at radius 1 is 1.00 bits per heavy atom. The van der Waals surface area contributed by atoms with Crippen molar-refractivity contribution in [3.8, 4) is 5.75 Å². The average Bonchev–Trinajstić information content (AvgIpc) is 2.52. The van der Waals surface area contributed by atoms with Crippen molar-refractivity contribution in [1.29, 1.82) is 0 Å². The highest BCUT2D eigenvalue weighted by atomic mass is 32.2. The predicted molar refractivity (Wildman–Crippen MR) is 79.5 cm³/mol. The Morgan fingerprint density at radius 2 is 1.67 bits per heavy atom. The molecular formula is C15H17NO4S. The SMILES string of the molecule is O=S(=O)(NCCO)c1ccc(OCc2ccccc2)cc1. The molecule has 6 heteroatoms. The van der Waals surface area contributed by atoms with Crippen molar-refractivity contribution >= 4 is 10.0 Å². The van der Waals surface area contributed by atoms with E-state index in [9.17, 15) is 8.42 Å². The average molecular weight is 307 g/mol. The number of aliphatic hydroxyl groups is 1. The second kappa shape index (κ2) is 7.21.